The van der Waals surface area contributed by atoms with Gasteiger partial charge in [-0.3, -0.25) is 0 Å². The topological polar surface area (TPSA) is 34.2 Å². The Hall–Kier alpha value is -1.46. The second-order valence-electron chi connectivity index (χ2n) is 5.58. The van der Waals surface area contributed by atoms with Gasteiger partial charge in [0.1, 0.15) is 23.2 Å². The van der Waals surface area contributed by atoms with Gasteiger partial charge in [-0.15, -0.1) is 11.3 Å². The summed E-state index contributed by atoms with van der Waals surface area (Å²) >= 11 is 1.61. The summed E-state index contributed by atoms with van der Waals surface area (Å²) in [7, 11) is 0. The molecule has 0 aliphatic carbocycles. The van der Waals surface area contributed by atoms with Gasteiger partial charge in [-0.05, 0) is 45.0 Å². The second-order valence-corrected chi connectivity index (χ2v) is 6.52. The molecule has 5 heteroatoms. The minimum Gasteiger partial charge on any atom is -0.487 e. The predicted octanol–water partition coefficient (Wildman–Crippen LogP) is 3.75. The summed E-state index contributed by atoms with van der Waals surface area (Å²) in [6, 6.07) is 6.00. The molecule has 2 aromatic rings. The fourth-order valence-electron chi connectivity index (χ4n) is 1.53. The molecule has 3 nitrogen and oxygen atoms in total. The van der Waals surface area contributed by atoms with Gasteiger partial charge in [0.15, 0.2) is 0 Å². The van der Waals surface area contributed by atoms with Crippen LogP contribution in [0.3, 0.4) is 0 Å². The van der Waals surface area contributed by atoms with Crippen molar-refractivity contribution in [3.05, 3.63) is 46.2 Å². The van der Waals surface area contributed by atoms with Crippen LogP contribution >= 0.6 is 11.3 Å². The molecule has 0 unspecified atom stereocenters. The molecular weight excluding hydrogens is 275 g/mol. The summed E-state index contributed by atoms with van der Waals surface area (Å²) in [5.74, 6) is 0.385. The van der Waals surface area contributed by atoms with Crippen molar-refractivity contribution in [1.82, 2.24) is 10.3 Å². The number of nitrogens with one attached hydrogen (secondary N) is 1. The van der Waals surface area contributed by atoms with Crippen molar-refractivity contribution in [2.45, 2.75) is 39.5 Å². The quantitative estimate of drug-likeness (QED) is 0.912. The average Bonchev–Trinajstić information content (AvgIpc) is 2.83. The Morgan fingerprint density at radius 1 is 1.25 bits per heavy atom. The molecule has 1 aromatic carbocycles. The molecule has 2 rings (SSSR count). The summed E-state index contributed by atoms with van der Waals surface area (Å²) in [5.41, 5.74) is 0.973. The summed E-state index contributed by atoms with van der Waals surface area (Å²) in [4.78, 5) is 4.50. The lowest BCUT2D eigenvalue weighted by Gasteiger charge is -2.19. The lowest BCUT2D eigenvalue weighted by atomic mass is 10.1. The molecule has 108 valence electrons. The van der Waals surface area contributed by atoms with Crippen molar-refractivity contribution in [2.75, 3.05) is 0 Å². The zero-order valence-corrected chi connectivity index (χ0v) is 12.8. The molecule has 0 bridgehead atoms. The monoisotopic (exact) mass is 294 g/mol. The van der Waals surface area contributed by atoms with Crippen LogP contribution in [0.2, 0.25) is 0 Å². The number of ether oxygens (including phenoxy) is 1. The van der Waals surface area contributed by atoms with Gasteiger partial charge in [0.2, 0.25) is 0 Å². The minimum atomic E-state index is -0.262. The number of halogens is 1. The maximum absolute atomic E-state index is 12.8. The Labute approximate surface area is 122 Å². The Kier molecular flexibility index (Phi) is 4.73. The van der Waals surface area contributed by atoms with Crippen molar-refractivity contribution in [2.24, 2.45) is 0 Å². The number of hydrogen-bond donors (Lipinski definition) is 1. The van der Waals surface area contributed by atoms with Crippen LogP contribution in [0.5, 0.6) is 5.75 Å². The number of hydrogen-bond acceptors (Lipinski definition) is 4. The Bertz CT molecular complexity index is 546. The van der Waals surface area contributed by atoms with Crippen LogP contribution in [0.25, 0.3) is 0 Å². The standard InChI is InChI=1S/C15H19FN2OS/c1-15(2,3)17-8-14-18-12(10-20-14)9-19-13-6-4-11(16)5-7-13/h4-7,10,17H,8-9H2,1-3H3. The van der Waals surface area contributed by atoms with E-state index >= 15 is 0 Å². The summed E-state index contributed by atoms with van der Waals surface area (Å²) in [5, 5.41) is 6.43. The van der Waals surface area contributed by atoms with Crippen LogP contribution in [0, 0.1) is 5.82 Å². The fraction of sp³-hybridized carbons (Fsp3) is 0.400. The van der Waals surface area contributed by atoms with Gasteiger partial charge in [-0.25, -0.2) is 9.37 Å². The average molecular weight is 294 g/mol. The van der Waals surface area contributed by atoms with E-state index in [0.29, 0.717) is 12.4 Å². The van der Waals surface area contributed by atoms with E-state index in [1.165, 1.54) is 12.1 Å². The highest BCUT2D eigenvalue weighted by Gasteiger charge is 2.10. The first-order valence-corrected chi connectivity index (χ1v) is 7.37. The molecule has 0 fully saturated rings. The minimum absolute atomic E-state index is 0.0798. The van der Waals surface area contributed by atoms with Gasteiger partial charge in [-0.2, -0.15) is 0 Å². The lowest BCUT2D eigenvalue weighted by molar-refractivity contribution is 0.301. The third kappa shape index (κ3) is 4.90. The zero-order valence-electron chi connectivity index (χ0n) is 11.9. The molecule has 20 heavy (non-hydrogen) atoms. The maximum atomic E-state index is 12.8. The molecule has 0 aliphatic rings. The Morgan fingerprint density at radius 3 is 2.60 bits per heavy atom. The smallest absolute Gasteiger partial charge is 0.131 e. The Morgan fingerprint density at radius 2 is 1.95 bits per heavy atom. The van der Waals surface area contributed by atoms with Gasteiger partial charge in [-0.1, -0.05) is 0 Å². The SMILES string of the molecule is CC(C)(C)NCc1nc(COc2ccc(F)cc2)cs1. The molecule has 1 N–H and O–H groups in total. The molecular formula is C15H19FN2OS. The molecule has 0 radical (unpaired) electrons. The summed E-state index contributed by atoms with van der Waals surface area (Å²) < 4.78 is 18.3. The normalized spacial score (nSPS) is 11.6. The number of aromatic nitrogens is 1. The van der Waals surface area contributed by atoms with E-state index in [-0.39, 0.29) is 11.4 Å². The van der Waals surface area contributed by atoms with E-state index in [9.17, 15) is 4.39 Å². The van der Waals surface area contributed by atoms with E-state index in [0.717, 1.165) is 17.2 Å². The first-order valence-electron chi connectivity index (χ1n) is 6.49. The highest BCUT2D eigenvalue weighted by molar-refractivity contribution is 7.09. The van der Waals surface area contributed by atoms with Crippen LogP contribution in [0.1, 0.15) is 31.5 Å². The van der Waals surface area contributed by atoms with E-state index in [4.69, 9.17) is 4.74 Å². The zero-order chi connectivity index (χ0) is 14.6. The van der Waals surface area contributed by atoms with Crippen molar-refractivity contribution < 1.29 is 9.13 Å². The number of thiazole rings is 1. The van der Waals surface area contributed by atoms with Crippen LogP contribution < -0.4 is 10.1 Å². The van der Waals surface area contributed by atoms with Crippen LogP contribution in [0.15, 0.2) is 29.6 Å². The predicted molar refractivity (Wildman–Crippen MR) is 79.4 cm³/mol. The third-order valence-electron chi connectivity index (χ3n) is 2.57. The van der Waals surface area contributed by atoms with Gasteiger partial charge in [0.05, 0.1) is 5.69 Å². The molecule has 0 spiro atoms. The summed E-state index contributed by atoms with van der Waals surface area (Å²) in [6.07, 6.45) is 0. The maximum Gasteiger partial charge on any atom is 0.131 e. The molecule has 0 atom stereocenters. The third-order valence-corrected chi connectivity index (χ3v) is 3.47. The molecule has 0 aliphatic heterocycles. The number of benzene rings is 1. The van der Waals surface area contributed by atoms with E-state index in [1.807, 2.05) is 5.38 Å². The number of nitrogens with zero attached hydrogens (tertiary/aromatic N) is 1. The van der Waals surface area contributed by atoms with Gasteiger partial charge >= 0.3 is 0 Å². The highest BCUT2D eigenvalue weighted by Crippen LogP contribution is 2.16. The first-order chi connectivity index (χ1) is 9.42. The number of rotatable bonds is 5. The van der Waals surface area contributed by atoms with Crippen LogP contribution in [-0.2, 0) is 13.2 Å². The molecule has 0 saturated heterocycles. The van der Waals surface area contributed by atoms with E-state index < -0.39 is 0 Å². The van der Waals surface area contributed by atoms with Crippen molar-refractivity contribution in [1.29, 1.82) is 0 Å². The first kappa shape index (κ1) is 14.9. The molecule has 1 aromatic heterocycles. The second kappa shape index (κ2) is 6.33. The largest absolute Gasteiger partial charge is 0.487 e. The summed E-state index contributed by atoms with van der Waals surface area (Å²) in [6.45, 7) is 7.53. The van der Waals surface area contributed by atoms with E-state index in [2.05, 4.69) is 31.1 Å². The van der Waals surface area contributed by atoms with Crippen LogP contribution in [0.4, 0.5) is 4.39 Å². The Balaban J connectivity index is 1.85. The van der Waals surface area contributed by atoms with Gasteiger partial charge < -0.3 is 10.1 Å². The van der Waals surface area contributed by atoms with Crippen molar-refractivity contribution >= 4 is 11.3 Å². The fourth-order valence-corrected chi connectivity index (χ4v) is 2.24. The lowest BCUT2D eigenvalue weighted by Crippen LogP contribution is -2.35. The highest BCUT2D eigenvalue weighted by atomic mass is 32.1. The molecule has 0 saturated carbocycles. The molecule has 1 heterocycles. The van der Waals surface area contributed by atoms with Crippen LogP contribution in [-0.4, -0.2) is 10.5 Å². The van der Waals surface area contributed by atoms with E-state index in [1.54, 1.807) is 23.5 Å². The van der Waals surface area contributed by atoms with Gasteiger partial charge in [0, 0.05) is 17.5 Å². The van der Waals surface area contributed by atoms with Crippen molar-refractivity contribution in [3.8, 4) is 5.75 Å². The van der Waals surface area contributed by atoms with Gasteiger partial charge in [0.25, 0.3) is 0 Å². The molecule has 0 amide bonds. The van der Waals surface area contributed by atoms with Crippen molar-refractivity contribution in [3.63, 3.8) is 0 Å².